The second-order valence-corrected chi connectivity index (χ2v) is 7.36. The van der Waals surface area contributed by atoms with Crippen LogP contribution in [-0.4, -0.2) is 47.7 Å². The summed E-state index contributed by atoms with van der Waals surface area (Å²) < 4.78 is 5.45. The molecule has 6 heteroatoms. The van der Waals surface area contributed by atoms with E-state index in [1.165, 1.54) is 0 Å². The molecule has 0 atom stereocenters. The lowest BCUT2D eigenvalue weighted by molar-refractivity contribution is 0.0257. The first-order chi connectivity index (χ1) is 10.7. The zero-order chi connectivity index (χ0) is 17.0. The van der Waals surface area contributed by atoms with Crippen molar-refractivity contribution in [2.24, 2.45) is 0 Å². The van der Waals surface area contributed by atoms with Crippen LogP contribution in [0.1, 0.15) is 32.8 Å². The molecular formula is C17H26ClN3O2. The number of anilines is 1. The number of benzene rings is 1. The van der Waals surface area contributed by atoms with Gasteiger partial charge in [0.15, 0.2) is 0 Å². The molecule has 5 nitrogen and oxygen atoms in total. The maximum Gasteiger partial charge on any atom is 0.410 e. The van der Waals surface area contributed by atoms with Crippen molar-refractivity contribution < 1.29 is 9.53 Å². The highest BCUT2D eigenvalue weighted by atomic mass is 35.5. The molecule has 2 N–H and O–H groups in total. The molecule has 0 aliphatic carbocycles. The van der Waals surface area contributed by atoms with Crippen LogP contribution in [0.4, 0.5) is 10.5 Å². The standard InChI is InChI=1S/C17H26ClN3O2/c1-17(2,3)23-16(22)21-8-4-7-20(9-10-21)12-13-5-6-14(18)15(19)11-13/h5-6,11H,4,7-10,12,19H2,1-3H3. The summed E-state index contributed by atoms with van der Waals surface area (Å²) in [7, 11) is 0. The Bertz CT molecular complexity index is 557. The molecule has 1 aliphatic rings. The summed E-state index contributed by atoms with van der Waals surface area (Å²) >= 11 is 5.96. The lowest BCUT2D eigenvalue weighted by Gasteiger charge is -2.26. The second-order valence-electron chi connectivity index (χ2n) is 6.95. The fourth-order valence-corrected chi connectivity index (χ4v) is 2.71. The van der Waals surface area contributed by atoms with Crippen LogP contribution in [0.3, 0.4) is 0 Å². The van der Waals surface area contributed by atoms with Gasteiger partial charge in [0.1, 0.15) is 5.60 Å². The first-order valence-corrected chi connectivity index (χ1v) is 8.36. The molecule has 0 unspecified atom stereocenters. The van der Waals surface area contributed by atoms with Crippen LogP contribution < -0.4 is 5.73 Å². The van der Waals surface area contributed by atoms with Gasteiger partial charge in [-0.3, -0.25) is 4.90 Å². The molecule has 1 amide bonds. The smallest absolute Gasteiger partial charge is 0.410 e. The third-order valence-corrected chi connectivity index (χ3v) is 4.05. The van der Waals surface area contributed by atoms with E-state index in [0.717, 1.165) is 38.2 Å². The van der Waals surface area contributed by atoms with Crippen molar-refractivity contribution >= 4 is 23.4 Å². The van der Waals surface area contributed by atoms with Gasteiger partial charge in [0.25, 0.3) is 0 Å². The minimum Gasteiger partial charge on any atom is -0.444 e. The zero-order valence-corrected chi connectivity index (χ0v) is 14.9. The average Bonchev–Trinajstić information content (AvgIpc) is 2.67. The van der Waals surface area contributed by atoms with Gasteiger partial charge in [-0.2, -0.15) is 0 Å². The van der Waals surface area contributed by atoms with E-state index in [2.05, 4.69) is 4.90 Å². The van der Waals surface area contributed by atoms with Gasteiger partial charge < -0.3 is 15.4 Å². The van der Waals surface area contributed by atoms with Gasteiger partial charge in [-0.05, 0) is 44.9 Å². The van der Waals surface area contributed by atoms with Crippen molar-refractivity contribution in [2.75, 3.05) is 31.9 Å². The van der Waals surface area contributed by atoms with E-state index in [1.54, 1.807) is 4.90 Å². The van der Waals surface area contributed by atoms with E-state index in [1.807, 2.05) is 39.0 Å². The number of nitrogens with two attached hydrogens (primary N) is 1. The summed E-state index contributed by atoms with van der Waals surface area (Å²) in [6, 6.07) is 5.74. The topological polar surface area (TPSA) is 58.8 Å². The third kappa shape index (κ3) is 5.59. The first kappa shape index (κ1) is 17.9. The summed E-state index contributed by atoms with van der Waals surface area (Å²) in [5.74, 6) is 0. The fourth-order valence-electron chi connectivity index (χ4n) is 2.59. The minimum atomic E-state index is -0.454. The molecule has 1 saturated heterocycles. The lowest BCUT2D eigenvalue weighted by atomic mass is 10.2. The molecule has 0 radical (unpaired) electrons. The summed E-state index contributed by atoms with van der Waals surface area (Å²) in [4.78, 5) is 16.3. The van der Waals surface area contributed by atoms with Crippen LogP contribution in [0.2, 0.25) is 5.02 Å². The second kappa shape index (κ2) is 7.41. The summed E-state index contributed by atoms with van der Waals surface area (Å²) in [5.41, 5.74) is 7.15. The number of rotatable bonds is 2. The highest BCUT2D eigenvalue weighted by molar-refractivity contribution is 6.33. The number of hydrogen-bond donors (Lipinski definition) is 1. The number of amides is 1. The Morgan fingerprint density at radius 3 is 2.65 bits per heavy atom. The molecule has 0 bridgehead atoms. The van der Waals surface area contributed by atoms with Crippen LogP contribution in [0, 0.1) is 0 Å². The van der Waals surface area contributed by atoms with Gasteiger partial charge in [0.05, 0.1) is 10.7 Å². The average molecular weight is 340 g/mol. The Morgan fingerprint density at radius 1 is 1.26 bits per heavy atom. The molecule has 23 heavy (non-hydrogen) atoms. The van der Waals surface area contributed by atoms with Crippen molar-refractivity contribution in [1.29, 1.82) is 0 Å². The van der Waals surface area contributed by atoms with E-state index < -0.39 is 5.60 Å². The molecule has 2 rings (SSSR count). The molecule has 0 saturated carbocycles. The van der Waals surface area contributed by atoms with Gasteiger partial charge >= 0.3 is 6.09 Å². The molecule has 0 aromatic heterocycles. The minimum absolute atomic E-state index is 0.227. The largest absolute Gasteiger partial charge is 0.444 e. The van der Waals surface area contributed by atoms with Crippen molar-refractivity contribution in [2.45, 2.75) is 39.3 Å². The lowest BCUT2D eigenvalue weighted by Crippen LogP contribution is -2.39. The van der Waals surface area contributed by atoms with E-state index in [-0.39, 0.29) is 6.09 Å². The Labute approximate surface area is 143 Å². The number of nitrogen functional groups attached to an aromatic ring is 1. The fraction of sp³-hybridized carbons (Fsp3) is 0.588. The van der Waals surface area contributed by atoms with Crippen molar-refractivity contribution in [3.05, 3.63) is 28.8 Å². The molecule has 0 spiro atoms. The highest BCUT2D eigenvalue weighted by Gasteiger charge is 2.24. The summed E-state index contributed by atoms with van der Waals surface area (Å²) in [6.07, 6.45) is 0.706. The Kier molecular flexibility index (Phi) is 5.76. The predicted octanol–water partition coefficient (Wildman–Crippen LogP) is 3.37. The van der Waals surface area contributed by atoms with Crippen molar-refractivity contribution in [3.8, 4) is 0 Å². The van der Waals surface area contributed by atoms with Crippen LogP contribution in [0.5, 0.6) is 0 Å². The zero-order valence-electron chi connectivity index (χ0n) is 14.1. The van der Waals surface area contributed by atoms with Crippen LogP contribution in [-0.2, 0) is 11.3 Å². The van der Waals surface area contributed by atoms with E-state index >= 15 is 0 Å². The number of ether oxygens (including phenoxy) is 1. The number of carbonyl (C=O) groups is 1. The molecular weight excluding hydrogens is 314 g/mol. The molecule has 1 aliphatic heterocycles. The quantitative estimate of drug-likeness (QED) is 0.839. The van der Waals surface area contributed by atoms with E-state index in [9.17, 15) is 4.79 Å². The SMILES string of the molecule is CC(C)(C)OC(=O)N1CCCN(Cc2ccc(Cl)c(N)c2)CC1. The number of carbonyl (C=O) groups excluding carboxylic acids is 1. The molecule has 1 heterocycles. The van der Waals surface area contributed by atoms with Gasteiger partial charge in [-0.15, -0.1) is 0 Å². The molecule has 1 aromatic carbocycles. The summed E-state index contributed by atoms with van der Waals surface area (Å²) in [6.45, 7) is 9.65. The van der Waals surface area contributed by atoms with Gasteiger partial charge in [-0.25, -0.2) is 4.79 Å². The molecule has 1 fully saturated rings. The Balaban J connectivity index is 1.90. The monoisotopic (exact) mass is 339 g/mol. The Morgan fingerprint density at radius 2 is 2.00 bits per heavy atom. The van der Waals surface area contributed by atoms with E-state index in [0.29, 0.717) is 17.3 Å². The third-order valence-electron chi connectivity index (χ3n) is 3.71. The van der Waals surface area contributed by atoms with Crippen LogP contribution in [0.15, 0.2) is 18.2 Å². The summed E-state index contributed by atoms with van der Waals surface area (Å²) in [5, 5.41) is 0.584. The van der Waals surface area contributed by atoms with Gasteiger partial charge in [0, 0.05) is 32.7 Å². The van der Waals surface area contributed by atoms with Crippen LogP contribution in [0.25, 0.3) is 0 Å². The Hall–Kier alpha value is -1.46. The molecule has 1 aromatic rings. The maximum absolute atomic E-state index is 12.2. The van der Waals surface area contributed by atoms with Crippen molar-refractivity contribution in [1.82, 2.24) is 9.80 Å². The normalized spacial score (nSPS) is 17.0. The van der Waals surface area contributed by atoms with Crippen LogP contribution >= 0.6 is 11.6 Å². The number of halogens is 1. The first-order valence-electron chi connectivity index (χ1n) is 7.99. The highest BCUT2D eigenvalue weighted by Crippen LogP contribution is 2.21. The molecule has 128 valence electrons. The van der Waals surface area contributed by atoms with Gasteiger partial charge in [-0.1, -0.05) is 17.7 Å². The maximum atomic E-state index is 12.2. The number of nitrogens with zero attached hydrogens (tertiary/aromatic N) is 2. The van der Waals surface area contributed by atoms with Gasteiger partial charge in [0.2, 0.25) is 0 Å². The van der Waals surface area contributed by atoms with E-state index in [4.69, 9.17) is 22.1 Å². The predicted molar refractivity (Wildman–Crippen MR) is 93.6 cm³/mol. The van der Waals surface area contributed by atoms with Crippen molar-refractivity contribution in [3.63, 3.8) is 0 Å². The number of hydrogen-bond acceptors (Lipinski definition) is 4.